The molecule has 1 unspecified atom stereocenters. The number of aryl methyl sites for hydroxylation is 2. The zero-order chi connectivity index (χ0) is 11.5. The largest absolute Gasteiger partial charge is 0.387 e. The molecule has 0 aliphatic heterocycles. The number of hydrogen-bond donors (Lipinski definition) is 1. The third-order valence-electron chi connectivity index (χ3n) is 3.80. The minimum absolute atomic E-state index is 0.231. The van der Waals surface area contributed by atoms with Crippen LogP contribution in [0.1, 0.15) is 61.0 Å². The first-order valence-corrected chi connectivity index (χ1v) is 7.37. The minimum Gasteiger partial charge on any atom is -0.387 e. The van der Waals surface area contributed by atoms with E-state index in [4.69, 9.17) is 0 Å². The Labute approximate surface area is 103 Å². The summed E-state index contributed by atoms with van der Waals surface area (Å²) in [6.45, 7) is 4.34. The van der Waals surface area contributed by atoms with Crippen molar-refractivity contribution in [1.29, 1.82) is 0 Å². The molecule has 2 rings (SSSR count). The van der Waals surface area contributed by atoms with Crippen LogP contribution in [0, 0.1) is 5.92 Å². The van der Waals surface area contributed by atoms with Crippen molar-refractivity contribution in [2.24, 2.45) is 5.92 Å². The van der Waals surface area contributed by atoms with Gasteiger partial charge in [0.1, 0.15) is 0 Å². The standard InChI is InChI=1S/C14H22OS/c1-3-10(4-2)14(15)13-9-11-7-5-6-8-12(11)16-13/h9-10,14-15H,3-8H2,1-2H3. The van der Waals surface area contributed by atoms with Gasteiger partial charge in [0.15, 0.2) is 0 Å². The number of hydrogen-bond acceptors (Lipinski definition) is 2. The highest BCUT2D eigenvalue weighted by Gasteiger charge is 2.22. The van der Waals surface area contributed by atoms with E-state index < -0.39 is 0 Å². The predicted octanol–water partition coefficient (Wildman–Crippen LogP) is 4.10. The average molecular weight is 238 g/mol. The van der Waals surface area contributed by atoms with Gasteiger partial charge in [0.25, 0.3) is 0 Å². The van der Waals surface area contributed by atoms with Crippen LogP contribution < -0.4 is 0 Å². The zero-order valence-corrected chi connectivity index (χ0v) is 11.1. The maximum atomic E-state index is 10.3. The van der Waals surface area contributed by atoms with Crippen LogP contribution in [0.15, 0.2) is 6.07 Å². The topological polar surface area (TPSA) is 20.2 Å². The van der Waals surface area contributed by atoms with Gasteiger partial charge in [-0.25, -0.2) is 0 Å². The van der Waals surface area contributed by atoms with E-state index in [1.165, 1.54) is 41.0 Å². The Morgan fingerprint density at radius 1 is 1.25 bits per heavy atom. The van der Waals surface area contributed by atoms with Gasteiger partial charge in [-0.05, 0) is 43.2 Å². The number of thiophene rings is 1. The molecule has 2 heteroatoms. The summed E-state index contributed by atoms with van der Waals surface area (Å²) >= 11 is 1.85. The van der Waals surface area contributed by atoms with Gasteiger partial charge in [-0.3, -0.25) is 0 Å². The van der Waals surface area contributed by atoms with Crippen LogP contribution >= 0.6 is 11.3 Å². The summed E-state index contributed by atoms with van der Waals surface area (Å²) in [4.78, 5) is 2.74. The molecule has 0 radical (unpaired) electrons. The average Bonchev–Trinajstić information content (AvgIpc) is 2.74. The zero-order valence-electron chi connectivity index (χ0n) is 10.3. The number of fused-ring (bicyclic) bond motifs is 1. The molecule has 0 spiro atoms. The first-order chi connectivity index (χ1) is 7.76. The Hall–Kier alpha value is -0.340. The van der Waals surface area contributed by atoms with E-state index >= 15 is 0 Å². The highest BCUT2D eigenvalue weighted by molar-refractivity contribution is 7.12. The molecule has 0 saturated heterocycles. The van der Waals surface area contributed by atoms with Gasteiger partial charge >= 0.3 is 0 Å². The van der Waals surface area contributed by atoms with Gasteiger partial charge in [-0.1, -0.05) is 26.7 Å². The molecule has 90 valence electrons. The van der Waals surface area contributed by atoms with Gasteiger partial charge < -0.3 is 5.11 Å². The Bertz CT molecular complexity index is 315. The van der Waals surface area contributed by atoms with Crippen LogP contribution in [-0.2, 0) is 12.8 Å². The molecular formula is C14H22OS. The highest BCUT2D eigenvalue weighted by atomic mass is 32.1. The Kier molecular flexibility index (Phi) is 4.04. The lowest BCUT2D eigenvalue weighted by Gasteiger charge is -2.18. The molecule has 0 amide bonds. The van der Waals surface area contributed by atoms with Crippen LogP contribution in [0.2, 0.25) is 0 Å². The van der Waals surface area contributed by atoms with E-state index in [1.54, 1.807) is 0 Å². The molecule has 0 bridgehead atoms. The maximum absolute atomic E-state index is 10.3. The maximum Gasteiger partial charge on any atom is 0.0910 e. The van der Waals surface area contributed by atoms with E-state index in [0.717, 1.165) is 12.8 Å². The quantitative estimate of drug-likeness (QED) is 0.837. The summed E-state index contributed by atoms with van der Waals surface area (Å²) in [5, 5.41) is 10.3. The van der Waals surface area contributed by atoms with Crippen LogP contribution in [0.3, 0.4) is 0 Å². The monoisotopic (exact) mass is 238 g/mol. The van der Waals surface area contributed by atoms with E-state index in [-0.39, 0.29) is 6.10 Å². The molecule has 1 aliphatic carbocycles. The number of rotatable bonds is 4. The summed E-state index contributed by atoms with van der Waals surface area (Å²) in [5.41, 5.74) is 1.51. The van der Waals surface area contributed by atoms with E-state index in [2.05, 4.69) is 19.9 Å². The number of aliphatic hydroxyl groups is 1. The lowest BCUT2D eigenvalue weighted by atomic mass is 9.94. The summed E-state index contributed by atoms with van der Waals surface area (Å²) in [6, 6.07) is 2.27. The smallest absolute Gasteiger partial charge is 0.0910 e. The fraction of sp³-hybridized carbons (Fsp3) is 0.714. The first-order valence-electron chi connectivity index (χ1n) is 6.55. The predicted molar refractivity (Wildman–Crippen MR) is 70.0 cm³/mol. The molecule has 0 saturated carbocycles. The van der Waals surface area contributed by atoms with Gasteiger partial charge in [0.05, 0.1) is 6.10 Å². The van der Waals surface area contributed by atoms with Gasteiger partial charge in [-0.2, -0.15) is 0 Å². The van der Waals surface area contributed by atoms with Crippen molar-refractivity contribution in [3.8, 4) is 0 Å². The molecule has 1 N–H and O–H groups in total. The lowest BCUT2D eigenvalue weighted by Crippen LogP contribution is -2.09. The number of aliphatic hydroxyl groups excluding tert-OH is 1. The molecule has 0 aromatic carbocycles. The molecule has 1 heterocycles. The van der Waals surface area contributed by atoms with Gasteiger partial charge in [0, 0.05) is 9.75 Å². The van der Waals surface area contributed by atoms with Gasteiger partial charge in [0.2, 0.25) is 0 Å². The third kappa shape index (κ3) is 2.33. The highest BCUT2D eigenvalue weighted by Crippen LogP contribution is 2.36. The van der Waals surface area contributed by atoms with Crippen molar-refractivity contribution in [2.45, 2.75) is 58.5 Å². The first kappa shape index (κ1) is 12.1. The fourth-order valence-electron chi connectivity index (χ4n) is 2.63. The Morgan fingerprint density at radius 3 is 2.56 bits per heavy atom. The molecule has 1 nitrogen and oxygen atoms in total. The molecular weight excluding hydrogens is 216 g/mol. The van der Waals surface area contributed by atoms with Crippen molar-refractivity contribution in [2.75, 3.05) is 0 Å². The van der Waals surface area contributed by atoms with E-state index in [0.29, 0.717) is 5.92 Å². The second kappa shape index (κ2) is 5.33. The summed E-state index contributed by atoms with van der Waals surface area (Å²) in [7, 11) is 0. The van der Waals surface area contributed by atoms with Crippen molar-refractivity contribution >= 4 is 11.3 Å². The van der Waals surface area contributed by atoms with Crippen LogP contribution in [-0.4, -0.2) is 5.11 Å². The minimum atomic E-state index is -0.231. The van der Waals surface area contributed by atoms with E-state index in [1.807, 2.05) is 11.3 Å². The summed E-state index contributed by atoms with van der Waals surface area (Å²) < 4.78 is 0. The van der Waals surface area contributed by atoms with E-state index in [9.17, 15) is 5.11 Å². The summed E-state index contributed by atoms with van der Waals surface area (Å²) in [6.07, 6.45) is 7.01. The molecule has 1 atom stereocenters. The molecule has 1 aliphatic rings. The van der Waals surface area contributed by atoms with Crippen molar-refractivity contribution < 1.29 is 5.11 Å². The molecule has 0 fully saturated rings. The van der Waals surface area contributed by atoms with Crippen molar-refractivity contribution in [3.05, 3.63) is 21.4 Å². The lowest BCUT2D eigenvalue weighted by molar-refractivity contribution is 0.107. The third-order valence-corrected chi connectivity index (χ3v) is 5.11. The van der Waals surface area contributed by atoms with Crippen LogP contribution in [0.5, 0.6) is 0 Å². The van der Waals surface area contributed by atoms with Crippen molar-refractivity contribution in [1.82, 2.24) is 0 Å². The Balaban J connectivity index is 2.17. The summed E-state index contributed by atoms with van der Waals surface area (Å²) in [5.74, 6) is 0.431. The van der Waals surface area contributed by atoms with Crippen LogP contribution in [0.25, 0.3) is 0 Å². The van der Waals surface area contributed by atoms with Gasteiger partial charge in [-0.15, -0.1) is 11.3 Å². The second-order valence-electron chi connectivity index (χ2n) is 4.83. The Morgan fingerprint density at radius 2 is 1.94 bits per heavy atom. The fourth-order valence-corrected chi connectivity index (χ4v) is 3.96. The second-order valence-corrected chi connectivity index (χ2v) is 5.99. The SMILES string of the molecule is CCC(CC)C(O)c1cc2c(s1)CCCC2. The van der Waals surface area contributed by atoms with Crippen molar-refractivity contribution in [3.63, 3.8) is 0 Å². The molecule has 1 aromatic rings. The van der Waals surface area contributed by atoms with Crippen LogP contribution in [0.4, 0.5) is 0 Å². The normalized spacial score (nSPS) is 17.5. The molecule has 1 aromatic heterocycles. The molecule has 16 heavy (non-hydrogen) atoms.